The van der Waals surface area contributed by atoms with E-state index in [1.807, 2.05) is 4.90 Å². The summed E-state index contributed by atoms with van der Waals surface area (Å²) in [5, 5.41) is 0. The zero-order valence-electron chi connectivity index (χ0n) is 9.38. The highest BCUT2D eigenvalue weighted by Crippen LogP contribution is 2.19. The molecule has 0 radical (unpaired) electrons. The average molecular weight is 225 g/mol. The standard InChI is InChI=1S/C9H15N5O2/c1-15-8-11-7(12-9(13-8)16-2)14-4-3-6(10)5-14/h6H,3-5,10H2,1-2H3/t6-/m0/s1. The molecule has 16 heavy (non-hydrogen) atoms. The lowest BCUT2D eigenvalue weighted by atomic mass is 10.3. The monoisotopic (exact) mass is 225 g/mol. The summed E-state index contributed by atoms with van der Waals surface area (Å²) in [4.78, 5) is 14.3. The predicted molar refractivity (Wildman–Crippen MR) is 57.7 cm³/mol. The zero-order valence-corrected chi connectivity index (χ0v) is 9.38. The Morgan fingerprint density at radius 2 is 1.81 bits per heavy atom. The molecule has 0 aromatic carbocycles. The van der Waals surface area contributed by atoms with E-state index in [0.717, 1.165) is 19.5 Å². The van der Waals surface area contributed by atoms with E-state index < -0.39 is 0 Å². The van der Waals surface area contributed by atoms with Crippen LogP contribution in [0.3, 0.4) is 0 Å². The Morgan fingerprint density at radius 1 is 1.19 bits per heavy atom. The third-order valence-electron chi connectivity index (χ3n) is 2.46. The summed E-state index contributed by atoms with van der Waals surface area (Å²) in [5.74, 6) is 0.552. The smallest absolute Gasteiger partial charge is 0.324 e. The van der Waals surface area contributed by atoms with Crippen molar-refractivity contribution in [1.29, 1.82) is 0 Å². The largest absolute Gasteiger partial charge is 0.467 e. The molecule has 2 heterocycles. The van der Waals surface area contributed by atoms with Crippen LogP contribution in [-0.2, 0) is 0 Å². The van der Waals surface area contributed by atoms with Crippen LogP contribution >= 0.6 is 0 Å². The first kappa shape index (κ1) is 10.9. The summed E-state index contributed by atoms with van der Waals surface area (Å²) in [6, 6.07) is 0.679. The van der Waals surface area contributed by atoms with Crippen molar-refractivity contribution in [2.24, 2.45) is 5.73 Å². The second kappa shape index (κ2) is 4.48. The van der Waals surface area contributed by atoms with Gasteiger partial charge in [-0.15, -0.1) is 4.98 Å². The number of ether oxygens (including phenoxy) is 2. The number of nitrogens with zero attached hydrogens (tertiary/aromatic N) is 4. The van der Waals surface area contributed by atoms with E-state index in [1.54, 1.807) is 0 Å². The van der Waals surface area contributed by atoms with Crippen LogP contribution in [-0.4, -0.2) is 48.3 Å². The predicted octanol–water partition coefficient (Wildman–Crippen LogP) is -0.574. The molecular weight excluding hydrogens is 210 g/mol. The summed E-state index contributed by atoms with van der Waals surface area (Å²) >= 11 is 0. The minimum Gasteiger partial charge on any atom is -0.467 e. The van der Waals surface area contributed by atoms with Crippen LogP contribution in [0.4, 0.5) is 5.95 Å². The molecule has 1 aromatic rings. The highest BCUT2D eigenvalue weighted by atomic mass is 16.5. The number of hydrogen-bond donors (Lipinski definition) is 1. The van der Waals surface area contributed by atoms with E-state index in [2.05, 4.69) is 15.0 Å². The molecule has 2 rings (SSSR count). The van der Waals surface area contributed by atoms with E-state index in [4.69, 9.17) is 15.2 Å². The van der Waals surface area contributed by atoms with Crippen LogP contribution in [0.15, 0.2) is 0 Å². The van der Waals surface area contributed by atoms with Gasteiger partial charge in [-0.05, 0) is 6.42 Å². The van der Waals surface area contributed by atoms with Crippen molar-refractivity contribution in [1.82, 2.24) is 15.0 Å². The Kier molecular flexibility index (Phi) is 3.04. The van der Waals surface area contributed by atoms with Gasteiger partial charge in [0.25, 0.3) is 0 Å². The first-order valence-corrected chi connectivity index (χ1v) is 5.07. The fraction of sp³-hybridized carbons (Fsp3) is 0.667. The molecule has 0 aliphatic carbocycles. The van der Waals surface area contributed by atoms with Crippen molar-refractivity contribution >= 4 is 5.95 Å². The van der Waals surface area contributed by atoms with Gasteiger partial charge in [0, 0.05) is 19.1 Å². The molecule has 0 unspecified atom stereocenters. The minimum absolute atomic E-state index is 0.175. The number of methoxy groups -OCH3 is 2. The molecule has 1 aliphatic rings. The van der Waals surface area contributed by atoms with Crippen molar-refractivity contribution in [3.05, 3.63) is 0 Å². The van der Waals surface area contributed by atoms with E-state index >= 15 is 0 Å². The summed E-state index contributed by atoms with van der Waals surface area (Å²) in [5.41, 5.74) is 5.83. The van der Waals surface area contributed by atoms with Gasteiger partial charge in [-0.25, -0.2) is 0 Å². The molecule has 0 amide bonds. The lowest BCUT2D eigenvalue weighted by Crippen LogP contribution is -2.27. The van der Waals surface area contributed by atoms with Gasteiger partial charge in [0.15, 0.2) is 0 Å². The van der Waals surface area contributed by atoms with Crippen LogP contribution < -0.4 is 20.1 Å². The van der Waals surface area contributed by atoms with E-state index in [1.165, 1.54) is 14.2 Å². The quantitative estimate of drug-likeness (QED) is 0.736. The van der Waals surface area contributed by atoms with Gasteiger partial charge in [0.2, 0.25) is 5.95 Å². The van der Waals surface area contributed by atoms with Crippen molar-refractivity contribution in [3.8, 4) is 12.0 Å². The topological polar surface area (TPSA) is 86.4 Å². The lowest BCUT2D eigenvalue weighted by molar-refractivity contribution is 0.340. The Labute approximate surface area is 93.6 Å². The molecule has 0 saturated carbocycles. The van der Waals surface area contributed by atoms with Crippen molar-refractivity contribution in [3.63, 3.8) is 0 Å². The molecule has 1 fully saturated rings. The molecule has 1 atom stereocenters. The Morgan fingerprint density at radius 3 is 2.25 bits per heavy atom. The minimum atomic E-state index is 0.175. The molecule has 0 spiro atoms. The van der Waals surface area contributed by atoms with Gasteiger partial charge >= 0.3 is 12.0 Å². The molecule has 1 aromatic heterocycles. The number of hydrogen-bond acceptors (Lipinski definition) is 7. The zero-order chi connectivity index (χ0) is 11.5. The van der Waals surface area contributed by atoms with Gasteiger partial charge in [0.1, 0.15) is 0 Å². The maximum atomic E-state index is 5.83. The summed E-state index contributed by atoms with van der Waals surface area (Å²) in [6.45, 7) is 1.59. The highest BCUT2D eigenvalue weighted by Gasteiger charge is 2.22. The maximum absolute atomic E-state index is 5.83. The third kappa shape index (κ3) is 2.13. The van der Waals surface area contributed by atoms with Gasteiger partial charge < -0.3 is 20.1 Å². The lowest BCUT2D eigenvalue weighted by Gasteiger charge is -2.15. The maximum Gasteiger partial charge on any atom is 0.324 e. The van der Waals surface area contributed by atoms with Crippen LogP contribution in [0.25, 0.3) is 0 Å². The number of aromatic nitrogens is 3. The van der Waals surface area contributed by atoms with E-state index in [-0.39, 0.29) is 18.1 Å². The van der Waals surface area contributed by atoms with Gasteiger partial charge in [-0.2, -0.15) is 9.97 Å². The first-order chi connectivity index (χ1) is 7.72. The molecule has 88 valence electrons. The average Bonchev–Trinajstić information content (AvgIpc) is 2.75. The third-order valence-corrected chi connectivity index (χ3v) is 2.46. The van der Waals surface area contributed by atoms with Crippen LogP contribution in [0.5, 0.6) is 12.0 Å². The Balaban J connectivity index is 2.25. The van der Waals surface area contributed by atoms with Crippen molar-refractivity contribution in [2.75, 3.05) is 32.2 Å². The molecule has 7 heteroatoms. The molecule has 2 N–H and O–H groups in total. The first-order valence-electron chi connectivity index (χ1n) is 5.07. The fourth-order valence-corrected chi connectivity index (χ4v) is 1.62. The molecule has 0 bridgehead atoms. The second-order valence-electron chi connectivity index (χ2n) is 3.60. The van der Waals surface area contributed by atoms with E-state index in [9.17, 15) is 0 Å². The van der Waals surface area contributed by atoms with Gasteiger partial charge in [-0.3, -0.25) is 0 Å². The highest BCUT2D eigenvalue weighted by molar-refractivity contribution is 5.34. The molecular formula is C9H15N5O2. The van der Waals surface area contributed by atoms with Crippen LogP contribution in [0.2, 0.25) is 0 Å². The number of anilines is 1. The van der Waals surface area contributed by atoms with Crippen molar-refractivity contribution in [2.45, 2.75) is 12.5 Å². The summed E-state index contributed by atoms with van der Waals surface area (Å²) in [6.07, 6.45) is 0.941. The van der Waals surface area contributed by atoms with Gasteiger partial charge in [0.05, 0.1) is 14.2 Å². The summed E-state index contributed by atoms with van der Waals surface area (Å²) in [7, 11) is 3.02. The van der Waals surface area contributed by atoms with Crippen molar-refractivity contribution < 1.29 is 9.47 Å². The van der Waals surface area contributed by atoms with Crippen LogP contribution in [0, 0.1) is 0 Å². The molecule has 7 nitrogen and oxygen atoms in total. The number of rotatable bonds is 3. The number of nitrogens with two attached hydrogens (primary N) is 1. The summed E-state index contributed by atoms with van der Waals surface area (Å²) < 4.78 is 9.97. The second-order valence-corrected chi connectivity index (χ2v) is 3.60. The van der Waals surface area contributed by atoms with E-state index in [0.29, 0.717) is 5.95 Å². The molecule has 1 saturated heterocycles. The Bertz CT molecular complexity index is 351. The normalized spacial score (nSPS) is 19.9. The van der Waals surface area contributed by atoms with Gasteiger partial charge in [-0.1, -0.05) is 0 Å². The SMILES string of the molecule is COc1nc(OC)nc(N2CC[C@H](N)C2)n1. The molecule has 1 aliphatic heterocycles. The fourth-order valence-electron chi connectivity index (χ4n) is 1.62. The Hall–Kier alpha value is -1.63. The van der Waals surface area contributed by atoms with Crippen LogP contribution in [0.1, 0.15) is 6.42 Å².